The number of hydrogen-bond donors (Lipinski definition) is 1. The van der Waals surface area contributed by atoms with Crippen LogP contribution in [-0.4, -0.2) is 14.8 Å². The maximum atomic E-state index is 12.9. The number of aromatic nitrogens is 3. The average Bonchev–Trinajstić information content (AvgIpc) is 2.27. The Hall–Kier alpha value is -2.31. The lowest BCUT2D eigenvalue weighted by molar-refractivity contribution is 0.504. The first kappa shape index (κ1) is 11.2. The van der Waals surface area contributed by atoms with Gasteiger partial charge in [-0.1, -0.05) is 6.07 Å². The van der Waals surface area contributed by atoms with E-state index in [1.807, 2.05) is 4.98 Å². The third kappa shape index (κ3) is 2.44. The second-order valence-electron chi connectivity index (χ2n) is 3.35. The van der Waals surface area contributed by atoms with E-state index in [1.54, 1.807) is 0 Å². The van der Waals surface area contributed by atoms with E-state index in [-0.39, 0.29) is 6.54 Å². The summed E-state index contributed by atoms with van der Waals surface area (Å²) in [6.45, 7) is -0.0488. The van der Waals surface area contributed by atoms with Crippen LogP contribution in [0.1, 0.15) is 5.56 Å². The summed E-state index contributed by atoms with van der Waals surface area (Å²) >= 11 is 0. The third-order valence-corrected chi connectivity index (χ3v) is 2.10. The molecule has 2 aromatic rings. The van der Waals surface area contributed by atoms with E-state index in [4.69, 9.17) is 0 Å². The van der Waals surface area contributed by atoms with Gasteiger partial charge in [0.2, 0.25) is 0 Å². The van der Waals surface area contributed by atoms with Crippen molar-refractivity contribution in [2.75, 3.05) is 0 Å². The molecule has 2 rings (SSSR count). The second kappa shape index (κ2) is 4.28. The van der Waals surface area contributed by atoms with Crippen molar-refractivity contribution < 1.29 is 8.78 Å². The molecule has 0 amide bonds. The Kier molecular flexibility index (Phi) is 2.82. The van der Waals surface area contributed by atoms with Crippen LogP contribution in [-0.2, 0) is 6.54 Å². The molecular formula is C10H7F2N3O2. The molecule has 7 heteroatoms. The van der Waals surface area contributed by atoms with Gasteiger partial charge in [0.05, 0.1) is 6.54 Å². The van der Waals surface area contributed by atoms with Gasteiger partial charge in [-0.2, -0.15) is 5.10 Å². The number of halogens is 2. The van der Waals surface area contributed by atoms with Crippen molar-refractivity contribution in [2.45, 2.75) is 6.54 Å². The number of hydrogen-bond acceptors (Lipinski definition) is 3. The summed E-state index contributed by atoms with van der Waals surface area (Å²) in [5.74, 6) is -1.96. The Labute approximate surface area is 93.3 Å². The zero-order valence-corrected chi connectivity index (χ0v) is 8.48. The zero-order valence-electron chi connectivity index (χ0n) is 8.48. The number of H-pyrrole nitrogens is 1. The van der Waals surface area contributed by atoms with Gasteiger partial charge in [-0.3, -0.25) is 9.78 Å². The third-order valence-electron chi connectivity index (χ3n) is 2.10. The van der Waals surface area contributed by atoms with Gasteiger partial charge in [0.25, 0.3) is 5.56 Å². The van der Waals surface area contributed by atoms with Gasteiger partial charge in [-0.15, -0.1) is 0 Å². The van der Waals surface area contributed by atoms with E-state index in [0.29, 0.717) is 5.56 Å². The van der Waals surface area contributed by atoms with Gasteiger partial charge in [0, 0.05) is 0 Å². The maximum Gasteiger partial charge on any atom is 0.345 e. The molecule has 0 bridgehead atoms. The molecule has 0 radical (unpaired) electrons. The Morgan fingerprint density at radius 1 is 1.24 bits per heavy atom. The molecule has 0 aliphatic carbocycles. The highest BCUT2D eigenvalue weighted by molar-refractivity contribution is 5.17. The van der Waals surface area contributed by atoms with Crippen molar-refractivity contribution in [3.05, 3.63) is 62.4 Å². The van der Waals surface area contributed by atoms with Crippen molar-refractivity contribution in [1.29, 1.82) is 0 Å². The lowest BCUT2D eigenvalue weighted by Crippen LogP contribution is -2.31. The van der Waals surface area contributed by atoms with E-state index in [0.717, 1.165) is 23.0 Å². The lowest BCUT2D eigenvalue weighted by Gasteiger charge is -2.03. The molecule has 1 heterocycles. The number of nitrogens with zero attached hydrogens (tertiary/aromatic N) is 2. The number of aromatic amines is 1. The first-order valence-electron chi connectivity index (χ1n) is 4.66. The summed E-state index contributed by atoms with van der Waals surface area (Å²) in [5, 5.41) is 3.57. The van der Waals surface area contributed by atoms with Crippen LogP contribution in [0.2, 0.25) is 0 Å². The molecule has 0 aliphatic heterocycles. The minimum atomic E-state index is -1.00. The Balaban J connectivity index is 2.35. The van der Waals surface area contributed by atoms with E-state index >= 15 is 0 Å². The smallest absolute Gasteiger partial charge is 0.271 e. The molecule has 0 atom stereocenters. The number of benzene rings is 1. The summed E-state index contributed by atoms with van der Waals surface area (Å²) in [7, 11) is 0. The molecule has 5 nitrogen and oxygen atoms in total. The molecule has 0 aliphatic rings. The summed E-state index contributed by atoms with van der Waals surface area (Å²) in [6, 6.07) is 3.26. The summed E-state index contributed by atoms with van der Waals surface area (Å²) in [6.07, 6.45) is 0.932. The number of rotatable bonds is 2. The fourth-order valence-corrected chi connectivity index (χ4v) is 1.30. The van der Waals surface area contributed by atoms with Gasteiger partial charge in [-0.05, 0) is 17.7 Å². The van der Waals surface area contributed by atoms with E-state index in [1.165, 1.54) is 6.07 Å². The molecule has 17 heavy (non-hydrogen) atoms. The topological polar surface area (TPSA) is 67.8 Å². The van der Waals surface area contributed by atoms with Gasteiger partial charge >= 0.3 is 5.69 Å². The molecule has 1 aromatic carbocycles. The molecule has 0 fully saturated rings. The van der Waals surface area contributed by atoms with E-state index in [9.17, 15) is 18.4 Å². The lowest BCUT2D eigenvalue weighted by atomic mass is 10.2. The average molecular weight is 239 g/mol. The molecule has 0 saturated heterocycles. The van der Waals surface area contributed by atoms with E-state index in [2.05, 4.69) is 5.10 Å². The van der Waals surface area contributed by atoms with Crippen molar-refractivity contribution in [1.82, 2.24) is 14.8 Å². The molecule has 0 spiro atoms. The van der Waals surface area contributed by atoms with Gasteiger partial charge in [0.15, 0.2) is 11.6 Å². The largest absolute Gasteiger partial charge is 0.345 e. The summed E-state index contributed by atoms with van der Waals surface area (Å²) < 4.78 is 26.5. The van der Waals surface area contributed by atoms with Crippen LogP contribution in [0.25, 0.3) is 0 Å². The molecule has 1 N–H and O–H groups in total. The Bertz CT molecular complexity index is 663. The van der Waals surface area contributed by atoms with Crippen LogP contribution >= 0.6 is 0 Å². The summed E-state index contributed by atoms with van der Waals surface area (Å²) in [5.41, 5.74) is -0.954. The molecule has 1 aromatic heterocycles. The van der Waals surface area contributed by atoms with Crippen molar-refractivity contribution in [2.24, 2.45) is 0 Å². The first-order chi connectivity index (χ1) is 8.06. The maximum absolute atomic E-state index is 12.9. The van der Waals surface area contributed by atoms with Crippen LogP contribution in [0.4, 0.5) is 8.78 Å². The highest BCUT2D eigenvalue weighted by Gasteiger charge is 2.04. The first-order valence-corrected chi connectivity index (χ1v) is 4.66. The molecular weight excluding hydrogens is 232 g/mol. The quantitative estimate of drug-likeness (QED) is 0.817. The molecule has 0 unspecified atom stereocenters. The predicted octanol–water partition coefficient (Wildman–Crippen LogP) is 0.258. The standard InChI is InChI=1S/C10H7F2N3O2/c11-7-2-1-6(3-8(7)12)5-15-10(17)14-9(16)4-13-15/h1-4H,5H2,(H,14,16,17). The zero-order chi connectivity index (χ0) is 12.4. The fraction of sp³-hybridized carbons (Fsp3) is 0.100. The molecule has 88 valence electrons. The monoisotopic (exact) mass is 239 g/mol. The van der Waals surface area contributed by atoms with Crippen LogP contribution < -0.4 is 11.2 Å². The van der Waals surface area contributed by atoms with Gasteiger partial charge in [-0.25, -0.2) is 18.3 Å². The van der Waals surface area contributed by atoms with Crippen LogP contribution in [0.15, 0.2) is 34.0 Å². The molecule has 0 saturated carbocycles. The van der Waals surface area contributed by atoms with Gasteiger partial charge < -0.3 is 0 Å². The van der Waals surface area contributed by atoms with Crippen molar-refractivity contribution in [3.63, 3.8) is 0 Å². The Morgan fingerprint density at radius 3 is 2.65 bits per heavy atom. The minimum Gasteiger partial charge on any atom is -0.271 e. The van der Waals surface area contributed by atoms with Gasteiger partial charge in [0.1, 0.15) is 6.20 Å². The fourth-order valence-electron chi connectivity index (χ4n) is 1.30. The second-order valence-corrected chi connectivity index (χ2v) is 3.35. The number of nitrogens with one attached hydrogen (secondary N) is 1. The van der Waals surface area contributed by atoms with Crippen molar-refractivity contribution >= 4 is 0 Å². The van der Waals surface area contributed by atoms with Crippen LogP contribution in [0.5, 0.6) is 0 Å². The van der Waals surface area contributed by atoms with Crippen LogP contribution in [0.3, 0.4) is 0 Å². The van der Waals surface area contributed by atoms with Crippen LogP contribution in [0, 0.1) is 11.6 Å². The summed E-state index contributed by atoms with van der Waals surface area (Å²) in [4.78, 5) is 24.0. The minimum absolute atomic E-state index is 0.0488. The SMILES string of the molecule is O=c1cnn(Cc2ccc(F)c(F)c2)c(=O)[nH]1. The predicted molar refractivity (Wildman–Crippen MR) is 54.6 cm³/mol. The normalized spacial score (nSPS) is 10.5. The highest BCUT2D eigenvalue weighted by Crippen LogP contribution is 2.08. The Morgan fingerprint density at radius 2 is 2.00 bits per heavy atom. The van der Waals surface area contributed by atoms with E-state index < -0.39 is 22.9 Å². The van der Waals surface area contributed by atoms with Crippen molar-refractivity contribution in [3.8, 4) is 0 Å². The highest BCUT2D eigenvalue weighted by atomic mass is 19.2.